The van der Waals surface area contributed by atoms with Crippen LogP contribution >= 0.6 is 11.6 Å². The second-order valence-electron chi connectivity index (χ2n) is 4.53. The van der Waals surface area contributed by atoms with Crippen molar-refractivity contribution in [1.29, 1.82) is 0 Å². The lowest BCUT2D eigenvalue weighted by Gasteiger charge is -2.04. The molecule has 1 heterocycles. The van der Waals surface area contributed by atoms with Crippen LogP contribution in [0.15, 0.2) is 52.9 Å². The van der Waals surface area contributed by atoms with Gasteiger partial charge in [0.2, 0.25) is 0 Å². The summed E-state index contributed by atoms with van der Waals surface area (Å²) in [5.41, 5.74) is 1.42. The number of nitrogens with zero attached hydrogens (tertiary/aromatic N) is 1. The highest BCUT2D eigenvalue weighted by molar-refractivity contribution is 6.32. The van der Waals surface area contributed by atoms with E-state index >= 15 is 0 Å². The van der Waals surface area contributed by atoms with Gasteiger partial charge in [-0.05, 0) is 24.3 Å². The van der Waals surface area contributed by atoms with E-state index in [0.717, 1.165) is 16.7 Å². The Labute approximate surface area is 125 Å². The van der Waals surface area contributed by atoms with Gasteiger partial charge in [-0.15, -0.1) is 0 Å². The number of nitro groups is 1. The number of halogens is 1. The lowest BCUT2D eigenvalue weighted by molar-refractivity contribution is -0.384. The Kier molecular flexibility index (Phi) is 3.50. The molecule has 1 N–H and O–H groups in total. The van der Waals surface area contributed by atoms with Crippen LogP contribution in [0.25, 0.3) is 11.0 Å². The van der Waals surface area contributed by atoms with Gasteiger partial charge in [0.15, 0.2) is 0 Å². The Morgan fingerprint density at radius 2 is 2.00 bits per heavy atom. The summed E-state index contributed by atoms with van der Waals surface area (Å²) in [4.78, 5) is 10.2. The summed E-state index contributed by atoms with van der Waals surface area (Å²) in [7, 11) is 0. The minimum Gasteiger partial charge on any atom is -0.459 e. The van der Waals surface area contributed by atoms with Gasteiger partial charge in [-0.25, -0.2) is 0 Å². The van der Waals surface area contributed by atoms with Crippen molar-refractivity contribution >= 4 is 33.9 Å². The fourth-order valence-electron chi connectivity index (χ4n) is 2.08. The number of nitro benzene ring substituents is 1. The molecule has 6 heteroatoms. The smallest absolute Gasteiger partial charge is 0.288 e. The lowest BCUT2D eigenvalue weighted by Crippen LogP contribution is -1.98. The molecule has 1 aromatic heterocycles. The summed E-state index contributed by atoms with van der Waals surface area (Å²) >= 11 is 5.87. The lowest BCUT2D eigenvalue weighted by atomic mass is 10.2. The molecule has 0 bridgehead atoms. The summed E-state index contributed by atoms with van der Waals surface area (Å²) in [5.74, 6) is 0.783. The molecule has 0 aliphatic carbocycles. The molecule has 0 aliphatic heterocycles. The molecule has 0 unspecified atom stereocenters. The van der Waals surface area contributed by atoms with Gasteiger partial charge in [0.1, 0.15) is 16.4 Å². The number of hydrogen-bond acceptors (Lipinski definition) is 4. The van der Waals surface area contributed by atoms with Crippen molar-refractivity contribution in [2.45, 2.75) is 6.54 Å². The van der Waals surface area contributed by atoms with Gasteiger partial charge in [-0.3, -0.25) is 10.1 Å². The monoisotopic (exact) mass is 302 g/mol. The average molecular weight is 303 g/mol. The van der Waals surface area contributed by atoms with E-state index in [4.69, 9.17) is 16.0 Å². The molecular weight excluding hydrogens is 292 g/mol. The first-order valence-corrected chi connectivity index (χ1v) is 6.66. The van der Waals surface area contributed by atoms with Gasteiger partial charge in [-0.1, -0.05) is 29.8 Å². The van der Waals surface area contributed by atoms with E-state index in [1.807, 2.05) is 30.3 Å². The van der Waals surface area contributed by atoms with Crippen molar-refractivity contribution < 1.29 is 9.34 Å². The number of benzene rings is 2. The topological polar surface area (TPSA) is 68.3 Å². The van der Waals surface area contributed by atoms with Crippen molar-refractivity contribution in [3.05, 3.63) is 69.4 Å². The fraction of sp³-hybridized carbons (Fsp3) is 0.0667. The fourth-order valence-corrected chi connectivity index (χ4v) is 2.33. The number of nitrogens with one attached hydrogen (secondary N) is 1. The Balaban J connectivity index is 1.75. The molecule has 0 saturated heterocycles. The summed E-state index contributed by atoms with van der Waals surface area (Å²) in [6, 6.07) is 14.2. The van der Waals surface area contributed by atoms with Crippen LogP contribution in [0, 0.1) is 10.1 Å². The average Bonchev–Trinajstić information content (AvgIpc) is 2.87. The SMILES string of the molecule is O=[N+]([O-])c1ccc(NCc2cc3ccccc3o2)cc1Cl. The third-order valence-corrected chi connectivity index (χ3v) is 3.39. The predicted octanol–water partition coefficient (Wildman–Crippen LogP) is 4.61. The zero-order chi connectivity index (χ0) is 14.8. The molecule has 0 saturated carbocycles. The van der Waals surface area contributed by atoms with Crippen LogP contribution in [0.5, 0.6) is 0 Å². The zero-order valence-electron chi connectivity index (χ0n) is 10.9. The molecule has 0 atom stereocenters. The molecule has 2 aromatic carbocycles. The van der Waals surface area contributed by atoms with Crippen LogP contribution in [-0.4, -0.2) is 4.92 Å². The third-order valence-electron chi connectivity index (χ3n) is 3.09. The maximum absolute atomic E-state index is 10.7. The summed E-state index contributed by atoms with van der Waals surface area (Å²) in [5, 5.41) is 15.0. The number of hydrogen-bond donors (Lipinski definition) is 1. The van der Waals surface area contributed by atoms with Crippen molar-refractivity contribution in [2.75, 3.05) is 5.32 Å². The van der Waals surface area contributed by atoms with Crippen LogP contribution in [-0.2, 0) is 6.54 Å². The molecule has 0 spiro atoms. The molecule has 21 heavy (non-hydrogen) atoms. The Morgan fingerprint density at radius 3 is 2.71 bits per heavy atom. The van der Waals surface area contributed by atoms with Crippen LogP contribution < -0.4 is 5.32 Å². The molecule has 0 radical (unpaired) electrons. The first kappa shape index (κ1) is 13.5. The number of rotatable bonds is 4. The van der Waals surface area contributed by atoms with E-state index in [9.17, 15) is 10.1 Å². The Hall–Kier alpha value is -2.53. The van der Waals surface area contributed by atoms with Crippen LogP contribution in [0.2, 0.25) is 5.02 Å². The van der Waals surface area contributed by atoms with Gasteiger partial charge in [0.25, 0.3) is 5.69 Å². The van der Waals surface area contributed by atoms with Gasteiger partial charge in [0, 0.05) is 17.1 Å². The second kappa shape index (κ2) is 5.46. The number of furan rings is 1. The molecule has 0 fully saturated rings. The van der Waals surface area contributed by atoms with Crippen molar-refractivity contribution in [3.63, 3.8) is 0 Å². The second-order valence-corrected chi connectivity index (χ2v) is 4.93. The van der Waals surface area contributed by atoms with Crippen molar-refractivity contribution in [1.82, 2.24) is 0 Å². The largest absolute Gasteiger partial charge is 0.459 e. The van der Waals surface area contributed by atoms with E-state index < -0.39 is 4.92 Å². The number of fused-ring (bicyclic) bond motifs is 1. The van der Waals surface area contributed by atoms with Crippen LogP contribution in [0.4, 0.5) is 11.4 Å². The quantitative estimate of drug-likeness (QED) is 0.564. The highest BCUT2D eigenvalue weighted by Gasteiger charge is 2.12. The minimum atomic E-state index is -0.509. The third kappa shape index (κ3) is 2.83. The summed E-state index contributed by atoms with van der Waals surface area (Å²) in [6.07, 6.45) is 0. The molecule has 3 aromatic rings. The minimum absolute atomic E-state index is 0.106. The Bertz CT molecular complexity index is 781. The number of para-hydroxylation sites is 1. The molecule has 0 aliphatic rings. The maximum Gasteiger partial charge on any atom is 0.288 e. The van der Waals surface area contributed by atoms with Gasteiger partial charge in [0.05, 0.1) is 11.5 Å². The highest BCUT2D eigenvalue weighted by Crippen LogP contribution is 2.27. The molecular formula is C15H11ClN2O3. The van der Waals surface area contributed by atoms with E-state index in [1.165, 1.54) is 12.1 Å². The van der Waals surface area contributed by atoms with E-state index in [2.05, 4.69) is 5.32 Å². The van der Waals surface area contributed by atoms with Gasteiger partial charge in [-0.2, -0.15) is 0 Å². The molecule has 3 rings (SSSR count). The maximum atomic E-state index is 10.7. The van der Waals surface area contributed by atoms with Gasteiger partial charge < -0.3 is 9.73 Å². The van der Waals surface area contributed by atoms with Crippen molar-refractivity contribution in [2.24, 2.45) is 0 Å². The first-order valence-electron chi connectivity index (χ1n) is 6.29. The van der Waals surface area contributed by atoms with E-state index in [0.29, 0.717) is 12.2 Å². The highest BCUT2D eigenvalue weighted by atomic mass is 35.5. The summed E-state index contributed by atoms with van der Waals surface area (Å²) < 4.78 is 5.68. The van der Waals surface area contributed by atoms with Crippen LogP contribution in [0.1, 0.15) is 5.76 Å². The Morgan fingerprint density at radius 1 is 1.19 bits per heavy atom. The number of anilines is 1. The van der Waals surface area contributed by atoms with Crippen LogP contribution in [0.3, 0.4) is 0 Å². The summed E-state index contributed by atoms with van der Waals surface area (Å²) in [6.45, 7) is 0.475. The standard InChI is InChI=1S/C15H11ClN2O3/c16-13-8-11(5-6-14(13)18(19)20)17-9-12-7-10-3-1-2-4-15(10)21-12/h1-8,17H,9H2. The molecule has 0 amide bonds. The molecule has 106 valence electrons. The van der Waals surface area contributed by atoms with E-state index in [1.54, 1.807) is 6.07 Å². The molecule has 5 nitrogen and oxygen atoms in total. The zero-order valence-corrected chi connectivity index (χ0v) is 11.6. The predicted molar refractivity (Wildman–Crippen MR) is 81.6 cm³/mol. The van der Waals surface area contributed by atoms with Crippen molar-refractivity contribution in [3.8, 4) is 0 Å². The first-order chi connectivity index (χ1) is 10.1. The van der Waals surface area contributed by atoms with Gasteiger partial charge >= 0.3 is 0 Å². The normalized spacial score (nSPS) is 10.7. The van der Waals surface area contributed by atoms with E-state index in [-0.39, 0.29) is 10.7 Å².